The highest BCUT2D eigenvalue weighted by molar-refractivity contribution is 7.80. The molecule has 0 bridgehead atoms. The molecule has 4 nitrogen and oxygen atoms in total. The zero-order chi connectivity index (χ0) is 13.4. The predicted molar refractivity (Wildman–Crippen MR) is 76.4 cm³/mol. The number of thiocarbonyl (C=S) groups is 1. The summed E-state index contributed by atoms with van der Waals surface area (Å²) in [7, 11) is 0. The molecule has 0 spiro atoms. The maximum atomic E-state index is 12.3. The Morgan fingerprint density at radius 3 is 2.56 bits per heavy atom. The van der Waals surface area contributed by atoms with Gasteiger partial charge in [0.15, 0.2) is 0 Å². The standard InChI is InChI=1S/C13H24N2O2S/c1-2-3-4-5-8-15-12(16)13(11(14)18)6-9-17-10-7-13/h2-10H2,1H3,(H2,14,18)(H,15,16). The summed E-state index contributed by atoms with van der Waals surface area (Å²) in [6, 6.07) is 0. The Labute approximate surface area is 115 Å². The molecule has 1 heterocycles. The quantitative estimate of drug-likeness (QED) is 0.547. The van der Waals surface area contributed by atoms with Crippen LogP contribution in [-0.4, -0.2) is 30.7 Å². The van der Waals surface area contributed by atoms with E-state index in [2.05, 4.69) is 12.2 Å². The van der Waals surface area contributed by atoms with Crippen molar-refractivity contribution in [2.75, 3.05) is 19.8 Å². The van der Waals surface area contributed by atoms with Gasteiger partial charge in [-0.1, -0.05) is 38.4 Å². The lowest BCUT2D eigenvalue weighted by Gasteiger charge is -2.34. The van der Waals surface area contributed by atoms with Crippen LogP contribution < -0.4 is 11.1 Å². The number of unbranched alkanes of at least 4 members (excludes halogenated alkanes) is 3. The van der Waals surface area contributed by atoms with E-state index in [1.807, 2.05) is 0 Å². The first-order valence-electron chi connectivity index (χ1n) is 6.79. The van der Waals surface area contributed by atoms with Crippen LogP contribution in [0.4, 0.5) is 0 Å². The van der Waals surface area contributed by atoms with E-state index in [1.54, 1.807) is 0 Å². The molecule has 0 unspecified atom stereocenters. The zero-order valence-corrected chi connectivity index (χ0v) is 12.0. The van der Waals surface area contributed by atoms with E-state index in [4.69, 9.17) is 22.7 Å². The van der Waals surface area contributed by atoms with Gasteiger partial charge in [0.2, 0.25) is 5.91 Å². The van der Waals surface area contributed by atoms with E-state index in [0.717, 1.165) is 12.8 Å². The summed E-state index contributed by atoms with van der Waals surface area (Å²) in [6.45, 7) is 3.99. The average Bonchev–Trinajstić information content (AvgIpc) is 2.39. The van der Waals surface area contributed by atoms with Gasteiger partial charge in [0.05, 0.1) is 4.99 Å². The highest BCUT2D eigenvalue weighted by Crippen LogP contribution is 2.31. The van der Waals surface area contributed by atoms with Gasteiger partial charge in [-0.15, -0.1) is 0 Å². The molecule has 1 amide bonds. The second kappa shape index (κ2) is 7.69. The van der Waals surface area contributed by atoms with Gasteiger partial charge in [-0.25, -0.2) is 0 Å². The van der Waals surface area contributed by atoms with Gasteiger partial charge >= 0.3 is 0 Å². The normalized spacial score (nSPS) is 18.3. The number of carbonyl (C=O) groups is 1. The fraction of sp³-hybridized carbons (Fsp3) is 0.846. The second-order valence-electron chi connectivity index (χ2n) is 4.88. The molecular weight excluding hydrogens is 248 g/mol. The van der Waals surface area contributed by atoms with Crippen LogP contribution in [0.3, 0.4) is 0 Å². The SMILES string of the molecule is CCCCCCNC(=O)C1(C(N)=S)CCOCC1. The summed E-state index contributed by atoms with van der Waals surface area (Å²) in [4.78, 5) is 12.6. The molecule has 18 heavy (non-hydrogen) atoms. The van der Waals surface area contributed by atoms with Gasteiger partial charge in [-0.2, -0.15) is 0 Å². The van der Waals surface area contributed by atoms with Gasteiger partial charge in [0.1, 0.15) is 5.41 Å². The molecule has 0 radical (unpaired) electrons. The van der Waals surface area contributed by atoms with Crippen LogP contribution >= 0.6 is 12.2 Å². The van der Waals surface area contributed by atoms with Crippen molar-refractivity contribution in [1.82, 2.24) is 5.32 Å². The number of rotatable bonds is 7. The van der Waals surface area contributed by atoms with Crippen molar-refractivity contribution in [1.29, 1.82) is 0 Å². The van der Waals surface area contributed by atoms with Crippen molar-refractivity contribution in [2.45, 2.75) is 45.4 Å². The molecular formula is C13H24N2O2S. The van der Waals surface area contributed by atoms with E-state index in [-0.39, 0.29) is 5.91 Å². The van der Waals surface area contributed by atoms with Crippen molar-refractivity contribution < 1.29 is 9.53 Å². The molecule has 0 saturated carbocycles. The molecule has 1 aliphatic rings. The third-order valence-electron chi connectivity index (χ3n) is 3.57. The van der Waals surface area contributed by atoms with Crippen molar-refractivity contribution in [2.24, 2.45) is 11.1 Å². The summed E-state index contributed by atoms with van der Waals surface area (Å²) in [6.07, 6.45) is 5.78. The fourth-order valence-corrected chi connectivity index (χ4v) is 2.52. The minimum Gasteiger partial charge on any atom is -0.392 e. The summed E-state index contributed by atoms with van der Waals surface area (Å²) < 4.78 is 5.29. The number of nitrogens with two attached hydrogens (primary N) is 1. The van der Waals surface area contributed by atoms with E-state index in [1.165, 1.54) is 12.8 Å². The minimum atomic E-state index is -0.682. The minimum absolute atomic E-state index is 0.0187. The summed E-state index contributed by atoms with van der Waals surface area (Å²) in [5.74, 6) is -0.0187. The van der Waals surface area contributed by atoms with E-state index < -0.39 is 5.41 Å². The number of amides is 1. The Morgan fingerprint density at radius 2 is 2.00 bits per heavy atom. The van der Waals surface area contributed by atoms with Crippen LogP contribution in [0.25, 0.3) is 0 Å². The van der Waals surface area contributed by atoms with Gasteiger partial charge in [-0.05, 0) is 19.3 Å². The maximum absolute atomic E-state index is 12.3. The largest absolute Gasteiger partial charge is 0.392 e. The van der Waals surface area contributed by atoms with Gasteiger partial charge in [-0.3, -0.25) is 4.79 Å². The molecule has 1 saturated heterocycles. The van der Waals surface area contributed by atoms with Crippen LogP contribution in [0, 0.1) is 5.41 Å². The van der Waals surface area contributed by atoms with E-state index in [0.29, 0.717) is 37.6 Å². The number of hydrogen-bond acceptors (Lipinski definition) is 3. The average molecular weight is 272 g/mol. The highest BCUT2D eigenvalue weighted by Gasteiger charge is 2.42. The summed E-state index contributed by atoms with van der Waals surface area (Å²) in [5.41, 5.74) is 5.09. The van der Waals surface area contributed by atoms with Gasteiger partial charge in [0.25, 0.3) is 0 Å². The molecule has 0 aliphatic carbocycles. The summed E-state index contributed by atoms with van der Waals surface area (Å²) >= 11 is 5.09. The van der Waals surface area contributed by atoms with Crippen molar-refractivity contribution in [3.8, 4) is 0 Å². The highest BCUT2D eigenvalue weighted by atomic mass is 32.1. The van der Waals surface area contributed by atoms with Gasteiger partial charge in [0, 0.05) is 19.8 Å². The van der Waals surface area contributed by atoms with Crippen molar-refractivity contribution >= 4 is 23.1 Å². The Kier molecular flexibility index (Phi) is 6.57. The lowest BCUT2D eigenvalue weighted by atomic mass is 9.79. The first kappa shape index (κ1) is 15.4. The third-order valence-corrected chi connectivity index (χ3v) is 3.96. The molecule has 0 aromatic heterocycles. The Bertz CT molecular complexity index is 289. The zero-order valence-electron chi connectivity index (χ0n) is 11.2. The number of hydrogen-bond donors (Lipinski definition) is 2. The van der Waals surface area contributed by atoms with Crippen LogP contribution in [0.2, 0.25) is 0 Å². The lowest BCUT2D eigenvalue weighted by molar-refractivity contribution is -0.131. The molecule has 5 heteroatoms. The third kappa shape index (κ3) is 3.92. The molecule has 0 aromatic carbocycles. The second-order valence-corrected chi connectivity index (χ2v) is 5.32. The molecule has 3 N–H and O–H groups in total. The number of ether oxygens (including phenoxy) is 1. The van der Waals surface area contributed by atoms with Crippen LogP contribution in [0.1, 0.15) is 45.4 Å². The number of carbonyl (C=O) groups excluding carboxylic acids is 1. The Balaban J connectivity index is 2.43. The predicted octanol–water partition coefficient (Wildman–Crippen LogP) is 1.77. The molecule has 1 fully saturated rings. The molecule has 1 rings (SSSR count). The molecule has 0 aromatic rings. The monoisotopic (exact) mass is 272 g/mol. The van der Waals surface area contributed by atoms with E-state index >= 15 is 0 Å². The van der Waals surface area contributed by atoms with Crippen molar-refractivity contribution in [3.05, 3.63) is 0 Å². The van der Waals surface area contributed by atoms with Crippen molar-refractivity contribution in [3.63, 3.8) is 0 Å². The molecule has 1 aliphatic heterocycles. The van der Waals surface area contributed by atoms with Crippen LogP contribution in [0.5, 0.6) is 0 Å². The van der Waals surface area contributed by atoms with Crippen LogP contribution in [0.15, 0.2) is 0 Å². The molecule has 0 atom stereocenters. The fourth-order valence-electron chi connectivity index (χ4n) is 2.23. The maximum Gasteiger partial charge on any atom is 0.233 e. The Hall–Kier alpha value is -0.680. The lowest BCUT2D eigenvalue weighted by Crippen LogP contribution is -2.52. The first-order chi connectivity index (χ1) is 8.63. The van der Waals surface area contributed by atoms with E-state index in [9.17, 15) is 4.79 Å². The first-order valence-corrected chi connectivity index (χ1v) is 7.20. The number of nitrogens with one attached hydrogen (secondary N) is 1. The van der Waals surface area contributed by atoms with Crippen LogP contribution in [-0.2, 0) is 9.53 Å². The topological polar surface area (TPSA) is 64.4 Å². The molecule has 104 valence electrons. The Morgan fingerprint density at radius 1 is 1.33 bits per heavy atom. The summed E-state index contributed by atoms with van der Waals surface area (Å²) in [5, 5.41) is 2.97. The smallest absolute Gasteiger partial charge is 0.233 e. The van der Waals surface area contributed by atoms with Gasteiger partial charge < -0.3 is 15.8 Å².